The fourth-order valence-corrected chi connectivity index (χ4v) is 2.38. The molecule has 2 saturated heterocycles. The Morgan fingerprint density at radius 2 is 1.92 bits per heavy atom. The van der Waals surface area contributed by atoms with Gasteiger partial charge in [0.15, 0.2) is 0 Å². The summed E-state index contributed by atoms with van der Waals surface area (Å²) in [6, 6.07) is 1.53. The molecule has 13 heavy (non-hydrogen) atoms. The lowest BCUT2D eigenvalue weighted by molar-refractivity contribution is 0.0313. The van der Waals surface area contributed by atoms with Crippen LogP contribution in [0.4, 0.5) is 0 Å². The number of hydrogen-bond acceptors (Lipinski definition) is 3. The largest absolute Gasteiger partial charge is 0.381 e. The summed E-state index contributed by atoms with van der Waals surface area (Å²) in [5.41, 5.74) is 0. The predicted molar refractivity (Wildman–Crippen MR) is 52.9 cm³/mol. The molecule has 0 aromatic heterocycles. The molecular weight excluding hydrogens is 164 g/mol. The zero-order valence-electron chi connectivity index (χ0n) is 8.46. The van der Waals surface area contributed by atoms with E-state index in [2.05, 4.69) is 17.3 Å². The van der Waals surface area contributed by atoms with Gasteiger partial charge in [0, 0.05) is 31.8 Å². The van der Waals surface area contributed by atoms with Crippen molar-refractivity contribution in [1.29, 1.82) is 0 Å². The monoisotopic (exact) mass is 184 g/mol. The molecule has 0 aromatic carbocycles. The molecule has 0 unspecified atom stereocenters. The van der Waals surface area contributed by atoms with E-state index in [0.717, 1.165) is 25.3 Å². The molecule has 76 valence electrons. The topological polar surface area (TPSA) is 24.5 Å². The van der Waals surface area contributed by atoms with Crippen molar-refractivity contribution in [3.8, 4) is 0 Å². The molecule has 2 heterocycles. The smallest absolute Gasteiger partial charge is 0.0480 e. The lowest BCUT2D eigenvalue weighted by Crippen LogP contribution is -2.44. The molecule has 2 rings (SSSR count). The Morgan fingerprint density at radius 1 is 1.15 bits per heavy atom. The van der Waals surface area contributed by atoms with Crippen LogP contribution >= 0.6 is 0 Å². The van der Waals surface area contributed by atoms with E-state index in [9.17, 15) is 0 Å². The maximum atomic E-state index is 5.37. The molecule has 0 radical (unpaired) electrons. The van der Waals surface area contributed by atoms with Gasteiger partial charge < -0.3 is 10.1 Å². The van der Waals surface area contributed by atoms with Crippen molar-refractivity contribution in [3.05, 3.63) is 0 Å². The maximum Gasteiger partial charge on any atom is 0.0480 e. The van der Waals surface area contributed by atoms with E-state index < -0.39 is 0 Å². The third kappa shape index (κ3) is 2.22. The number of ether oxygens (including phenoxy) is 1. The van der Waals surface area contributed by atoms with E-state index in [0.29, 0.717) is 0 Å². The van der Waals surface area contributed by atoms with Gasteiger partial charge in [0.25, 0.3) is 0 Å². The minimum Gasteiger partial charge on any atom is -0.381 e. The van der Waals surface area contributed by atoms with Gasteiger partial charge in [-0.2, -0.15) is 0 Å². The first-order chi connectivity index (χ1) is 6.38. The molecule has 0 aromatic rings. The molecule has 0 aliphatic carbocycles. The molecule has 3 heteroatoms. The molecule has 0 amide bonds. The molecule has 1 atom stereocenters. The van der Waals surface area contributed by atoms with Crippen molar-refractivity contribution in [2.45, 2.75) is 31.3 Å². The zero-order valence-corrected chi connectivity index (χ0v) is 8.46. The molecule has 3 nitrogen and oxygen atoms in total. The van der Waals surface area contributed by atoms with E-state index >= 15 is 0 Å². The molecular formula is C10H20N2O. The standard InChI is InChI=1S/C10H20N2O/c1-12(10-2-5-11-8-10)9-3-6-13-7-4-9/h9-11H,2-8H2,1H3/t10-/m0/s1. The van der Waals surface area contributed by atoms with Crippen molar-refractivity contribution >= 4 is 0 Å². The van der Waals surface area contributed by atoms with Gasteiger partial charge in [0.05, 0.1) is 0 Å². The Bertz CT molecular complexity index is 151. The zero-order chi connectivity index (χ0) is 9.10. The van der Waals surface area contributed by atoms with Crippen LogP contribution in [-0.2, 0) is 4.74 Å². The summed E-state index contributed by atoms with van der Waals surface area (Å²) in [7, 11) is 2.27. The van der Waals surface area contributed by atoms with Crippen LogP contribution in [0.15, 0.2) is 0 Å². The van der Waals surface area contributed by atoms with Crippen LogP contribution in [0.25, 0.3) is 0 Å². The predicted octanol–water partition coefficient (Wildman–Crippen LogP) is 0.459. The van der Waals surface area contributed by atoms with Gasteiger partial charge >= 0.3 is 0 Å². The van der Waals surface area contributed by atoms with E-state index in [-0.39, 0.29) is 0 Å². The fraction of sp³-hybridized carbons (Fsp3) is 1.00. The Hall–Kier alpha value is -0.120. The van der Waals surface area contributed by atoms with Crippen molar-refractivity contribution in [2.75, 3.05) is 33.4 Å². The van der Waals surface area contributed by atoms with E-state index in [4.69, 9.17) is 4.74 Å². The summed E-state index contributed by atoms with van der Waals surface area (Å²) in [5, 5.41) is 3.42. The van der Waals surface area contributed by atoms with Gasteiger partial charge in [-0.15, -0.1) is 0 Å². The van der Waals surface area contributed by atoms with Crippen molar-refractivity contribution < 1.29 is 4.74 Å². The van der Waals surface area contributed by atoms with Gasteiger partial charge in [-0.05, 0) is 32.9 Å². The van der Waals surface area contributed by atoms with Crippen LogP contribution in [0, 0.1) is 0 Å². The minimum absolute atomic E-state index is 0.763. The lowest BCUT2D eigenvalue weighted by atomic mass is 10.1. The molecule has 2 fully saturated rings. The number of nitrogens with zero attached hydrogens (tertiary/aromatic N) is 1. The minimum atomic E-state index is 0.763. The molecule has 1 N–H and O–H groups in total. The average molecular weight is 184 g/mol. The highest BCUT2D eigenvalue weighted by molar-refractivity contribution is 4.83. The summed E-state index contributed by atoms with van der Waals surface area (Å²) in [5.74, 6) is 0. The number of likely N-dealkylation sites (N-methyl/N-ethyl adjacent to an activating group) is 1. The average Bonchev–Trinajstić information content (AvgIpc) is 2.71. The summed E-state index contributed by atoms with van der Waals surface area (Å²) in [6.07, 6.45) is 3.74. The first kappa shape index (κ1) is 9.44. The highest BCUT2D eigenvalue weighted by atomic mass is 16.5. The third-order valence-corrected chi connectivity index (χ3v) is 3.38. The van der Waals surface area contributed by atoms with Gasteiger partial charge in [-0.3, -0.25) is 4.90 Å². The highest BCUT2D eigenvalue weighted by Crippen LogP contribution is 2.17. The maximum absolute atomic E-state index is 5.37. The SMILES string of the molecule is CN(C1CCOCC1)[C@H]1CCNC1. The van der Waals surface area contributed by atoms with Crippen LogP contribution in [0.2, 0.25) is 0 Å². The Balaban J connectivity index is 1.83. The first-order valence-electron chi connectivity index (χ1n) is 5.38. The van der Waals surface area contributed by atoms with Crippen LogP contribution in [-0.4, -0.2) is 50.3 Å². The summed E-state index contributed by atoms with van der Waals surface area (Å²) < 4.78 is 5.37. The van der Waals surface area contributed by atoms with E-state index in [1.54, 1.807) is 0 Å². The van der Waals surface area contributed by atoms with E-state index in [1.807, 2.05) is 0 Å². The van der Waals surface area contributed by atoms with Crippen molar-refractivity contribution in [3.63, 3.8) is 0 Å². The summed E-state index contributed by atoms with van der Waals surface area (Å²) >= 11 is 0. The number of rotatable bonds is 2. The first-order valence-corrected chi connectivity index (χ1v) is 5.38. The Morgan fingerprint density at radius 3 is 2.54 bits per heavy atom. The number of nitrogens with one attached hydrogen (secondary N) is 1. The Kier molecular flexibility index (Phi) is 3.19. The number of hydrogen-bond donors (Lipinski definition) is 1. The van der Waals surface area contributed by atoms with Crippen molar-refractivity contribution in [1.82, 2.24) is 10.2 Å². The summed E-state index contributed by atoms with van der Waals surface area (Å²) in [4.78, 5) is 2.56. The van der Waals surface area contributed by atoms with E-state index in [1.165, 1.54) is 32.4 Å². The Labute approximate surface area is 80.4 Å². The lowest BCUT2D eigenvalue weighted by Gasteiger charge is -2.35. The van der Waals surface area contributed by atoms with Crippen LogP contribution in [0.5, 0.6) is 0 Å². The highest BCUT2D eigenvalue weighted by Gasteiger charge is 2.26. The quantitative estimate of drug-likeness (QED) is 0.675. The van der Waals surface area contributed by atoms with Crippen LogP contribution in [0.3, 0.4) is 0 Å². The van der Waals surface area contributed by atoms with Gasteiger partial charge in [0.1, 0.15) is 0 Å². The molecule has 0 spiro atoms. The molecule has 2 aliphatic rings. The van der Waals surface area contributed by atoms with Gasteiger partial charge in [-0.1, -0.05) is 0 Å². The second-order valence-electron chi connectivity index (χ2n) is 4.16. The van der Waals surface area contributed by atoms with Gasteiger partial charge in [-0.25, -0.2) is 0 Å². The fourth-order valence-electron chi connectivity index (χ4n) is 2.38. The van der Waals surface area contributed by atoms with Crippen molar-refractivity contribution in [2.24, 2.45) is 0 Å². The van der Waals surface area contributed by atoms with Crippen LogP contribution < -0.4 is 5.32 Å². The molecule has 0 bridgehead atoms. The second kappa shape index (κ2) is 4.40. The third-order valence-electron chi connectivity index (χ3n) is 3.38. The van der Waals surface area contributed by atoms with Crippen LogP contribution in [0.1, 0.15) is 19.3 Å². The van der Waals surface area contributed by atoms with Gasteiger partial charge in [0.2, 0.25) is 0 Å². The second-order valence-corrected chi connectivity index (χ2v) is 4.16. The molecule has 0 saturated carbocycles. The summed E-state index contributed by atoms with van der Waals surface area (Å²) in [6.45, 7) is 4.27. The normalized spacial score (nSPS) is 31.4. The molecule has 2 aliphatic heterocycles.